The molecule has 7 aromatic rings. The normalized spacial score (nSPS) is 11.2. The molecule has 244 valence electrons. The maximum atomic E-state index is 13.1. The zero-order valence-electron chi connectivity index (χ0n) is 26.8. The van der Waals surface area contributed by atoms with Gasteiger partial charge in [-0.25, -0.2) is 4.98 Å². The summed E-state index contributed by atoms with van der Waals surface area (Å²) in [6.07, 6.45) is 0.599. The highest BCUT2D eigenvalue weighted by atomic mass is 32.2. The largest absolute Gasteiger partial charge is 0.325 e. The smallest absolute Gasteiger partial charge is 0.234 e. The monoisotopic (exact) mass is 700 g/mol. The van der Waals surface area contributed by atoms with E-state index in [0.29, 0.717) is 17.3 Å². The number of carbonyl (C=O) groups is 2. The summed E-state index contributed by atoms with van der Waals surface area (Å²) in [6, 6.07) is 36.2. The summed E-state index contributed by atoms with van der Waals surface area (Å²) in [5.74, 6) is 1.00. The average molecular weight is 701 g/mol. The zero-order valence-corrected chi connectivity index (χ0v) is 29.3. The van der Waals surface area contributed by atoms with Crippen LogP contribution in [0.15, 0.2) is 119 Å². The van der Waals surface area contributed by atoms with Crippen molar-refractivity contribution in [1.29, 1.82) is 0 Å². The number of rotatable bonds is 11. The maximum absolute atomic E-state index is 13.1. The Kier molecular flexibility index (Phi) is 9.74. The molecular weight excluding hydrogens is 669 g/mol. The molecule has 0 aliphatic carbocycles. The number of hydrogen-bond donors (Lipinski definition) is 2. The minimum atomic E-state index is -0.148. The first-order valence-electron chi connectivity index (χ1n) is 15.7. The van der Waals surface area contributed by atoms with Crippen LogP contribution < -0.4 is 10.6 Å². The summed E-state index contributed by atoms with van der Waals surface area (Å²) >= 11 is 4.25. The number of hydrogen-bond acceptors (Lipinski definition) is 8. The van der Waals surface area contributed by atoms with Crippen LogP contribution in [0.25, 0.3) is 26.7 Å². The SMILES string of the molecule is Cc1cccc(C)c1NC(=O)CSc1nc2ccc(NC(=O)CSc3nnc(Cc4cccc5ccccc45)n3-c3ccccc3)cc2s1. The van der Waals surface area contributed by atoms with Crippen LogP contribution in [-0.4, -0.2) is 43.1 Å². The molecule has 0 aliphatic rings. The fourth-order valence-electron chi connectivity index (χ4n) is 5.65. The van der Waals surface area contributed by atoms with Gasteiger partial charge < -0.3 is 10.6 Å². The lowest BCUT2D eigenvalue weighted by Crippen LogP contribution is -2.15. The highest BCUT2D eigenvalue weighted by Crippen LogP contribution is 2.32. The van der Waals surface area contributed by atoms with Crippen LogP contribution in [-0.2, 0) is 16.0 Å². The Bertz CT molecular complexity index is 2270. The van der Waals surface area contributed by atoms with Crippen LogP contribution in [0.5, 0.6) is 0 Å². The van der Waals surface area contributed by atoms with Gasteiger partial charge >= 0.3 is 0 Å². The van der Waals surface area contributed by atoms with Crippen LogP contribution in [0, 0.1) is 13.8 Å². The number of benzene rings is 5. The van der Waals surface area contributed by atoms with Crippen molar-refractivity contribution < 1.29 is 9.59 Å². The van der Waals surface area contributed by atoms with E-state index in [0.717, 1.165) is 48.4 Å². The van der Waals surface area contributed by atoms with E-state index in [1.165, 1.54) is 45.6 Å². The Balaban J connectivity index is 1.00. The second kappa shape index (κ2) is 14.7. The number of fused-ring (bicyclic) bond motifs is 2. The molecule has 0 bridgehead atoms. The van der Waals surface area contributed by atoms with Crippen molar-refractivity contribution in [3.8, 4) is 5.69 Å². The molecule has 0 unspecified atom stereocenters. The maximum Gasteiger partial charge on any atom is 0.234 e. The van der Waals surface area contributed by atoms with Gasteiger partial charge in [-0.05, 0) is 71.6 Å². The van der Waals surface area contributed by atoms with Gasteiger partial charge in [-0.3, -0.25) is 14.2 Å². The number of anilines is 2. The van der Waals surface area contributed by atoms with Crippen LogP contribution in [0.4, 0.5) is 11.4 Å². The number of nitrogens with one attached hydrogen (secondary N) is 2. The molecule has 5 aromatic carbocycles. The molecule has 0 aliphatic heterocycles. The summed E-state index contributed by atoms with van der Waals surface area (Å²) in [4.78, 5) is 30.5. The fourth-order valence-corrected chi connectivity index (χ4v) is 8.32. The molecule has 7 rings (SSSR count). The van der Waals surface area contributed by atoms with Gasteiger partial charge in [-0.15, -0.1) is 21.5 Å². The third-order valence-corrected chi connectivity index (χ3v) is 11.1. The molecule has 2 amide bonds. The first-order chi connectivity index (χ1) is 23.9. The Morgan fingerprint density at radius 3 is 2.31 bits per heavy atom. The molecule has 2 heterocycles. The van der Waals surface area contributed by atoms with Gasteiger partial charge in [0, 0.05) is 23.5 Å². The highest BCUT2D eigenvalue weighted by molar-refractivity contribution is 8.01. The van der Waals surface area contributed by atoms with E-state index in [1.807, 2.05) is 97.3 Å². The van der Waals surface area contributed by atoms with Crippen molar-refractivity contribution in [3.63, 3.8) is 0 Å². The third kappa shape index (κ3) is 7.54. The predicted molar refractivity (Wildman–Crippen MR) is 202 cm³/mol. The molecule has 8 nitrogen and oxygen atoms in total. The van der Waals surface area contributed by atoms with Gasteiger partial charge in [0.05, 0.1) is 21.7 Å². The van der Waals surface area contributed by atoms with Crippen LogP contribution >= 0.6 is 34.9 Å². The van der Waals surface area contributed by atoms with E-state index in [9.17, 15) is 9.59 Å². The summed E-state index contributed by atoms with van der Waals surface area (Å²) in [5, 5.41) is 18.1. The molecule has 0 saturated heterocycles. The first kappa shape index (κ1) is 32.6. The zero-order chi connectivity index (χ0) is 33.7. The average Bonchev–Trinajstić information content (AvgIpc) is 3.72. The second-order valence-corrected chi connectivity index (χ2v) is 14.7. The number of nitrogens with zero attached hydrogens (tertiary/aromatic N) is 4. The molecule has 0 radical (unpaired) electrons. The van der Waals surface area contributed by atoms with Crippen LogP contribution in [0.1, 0.15) is 22.5 Å². The van der Waals surface area contributed by atoms with E-state index in [2.05, 4.69) is 56.1 Å². The van der Waals surface area contributed by atoms with Gasteiger partial charge in [0.1, 0.15) is 5.82 Å². The first-order valence-corrected chi connectivity index (χ1v) is 18.5. The standard InChI is InChI=1S/C38H32N6O2S3/c1-24-10-8-11-25(2)36(24)41-35(46)23-48-38-40-31-19-18-28(21-32(31)49-38)39-34(45)22-47-37-43-42-33(44(37)29-15-4-3-5-16-29)20-27-14-9-13-26-12-6-7-17-30(26)27/h3-19,21H,20,22-23H2,1-2H3,(H,39,45)(H,41,46). The van der Waals surface area contributed by atoms with E-state index in [1.54, 1.807) is 0 Å². The lowest BCUT2D eigenvalue weighted by Gasteiger charge is -2.11. The van der Waals surface area contributed by atoms with Crippen molar-refractivity contribution in [2.75, 3.05) is 22.1 Å². The molecule has 2 N–H and O–H groups in total. The van der Waals surface area contributed by atoms with E-state index >= 15 is 0 Å². The number of para-hydroxylation sites is 2. The van der Waals surface area contributed by atoms with Gasteiger partial charge in [-0.1, -0.05) is 102 Å². The summed E-state index contributed by atoms with van der Waals surface area (Å²) in [6.45, 7) is 3.97. The van der Waals surface area contributed by atoms with Crippen LogP contribution in [0.3, 0.4) is 0 Å². The lowest BCUT2D eigenvalue weighted by atomic mass is 10.0. The van der Waals surface area contributed by atoms with Gasteiger partial charge in [0.15, 0.2) is 9.50 Å². The van der Waals surface area contributed by atoms with Crippen molar-refractivity contribution in [3.05, 3.63) is 132 Å². The van der Waals surface area contributed by atoms with Gasteiger partial charge in [-0.2, -0.15) is 0 Å². The Hall–Kier alpha value is -4.97. The minimum absolute atomic E-state index is 0.0733. The molecular formula is C38H32N6O2S3. The molecule has 0 spiro atoms. The molecule has 11 heteroatoms. The van der Waals surface area contributed by atoms with Gasteiger partial charge in [0.2, 0.25) is 11.8 Å². The lowest BCUT2D eigenvalue weighted by molar-refractivity contribution is -0.114. The van der Waals surface area contributed by atoms with Crippen molar-refractivity contribution in [2.24, 2.45) is 0 Å². The second-order valence-electron chi connectivity index (χ2n) is 11.5. The Morgan fingerprint density at radius 1 is 0.755 bits per heavy atom. The van der Waals surface area contributed by atoms with Gasteiger partial charge in [0.25, 0.3) is 0 Å². The number of carbonyl (C=O) groups excluding carboxylic acids is 2. The highest BCUT2D eigenvalue weighted by Gasteiger charge is 2.18. The molecule has 2 aromatic heterocycles. The molecule has 0 atom stereocenters. The van der Waals surface area contributed by atoms with Crippen molar-refractivity contribution >= 4 is 79.0 Å². The van der Waals surface area contributed by atoms with Crippen molar-refractivity contribution in [2.45, 2.75) is 29.8 Å². The van der Waals surface area contributed by atoms with E-state index < -0.39 is 0 Å². The Morgan fingerprint density at radius 2 is 1.47 bits per heavy atom. The third-order valence-electron chi connectivity index (χ3n) is 8.00. The summed E-state index contributed by atoms with van der Waals surface area (Å²) < 4.78 is 3.76. The molecule has 0 fully saturated rings. The number of amides is 2. The number of aryl methyl sites for hydroxylation is 2. The summed E-state index contributed by atoms with van der Waals surface area (Å²) in [7, 11) is 0. The molecule has 0 saturated carbocycles. The fraction of sp³-hybridized carbons (Fsp3) is 0.132. The number of aromatic nitrogens is 4. The van der Waals surface area contributed by atoms with E-state index in [4.69, 9.17) is 0 Å². The minimum Gasteiger partial charge on any atom is -0.325 e. The predicted octanol–water partition coefficient (Wildman–Crippen LogP) is 8.70. The quantitative estimate of drug-likeness (QED) is 0.130. The number of thiazole rings is 1. The number of thioether (sulfide) groups is 2. The van der Waals surface area contributed by atoms with Crippen molar-refractivity contribution in [1.82, 2.24) is 19.7 Å². The molecule has 49 heavy (non-hydrogen) atoms. The summed E-state index contributed by atoms with van der Waals surface area (Å²) in [5.41, 5.74) is 6.54. The topological polar surface area (TPSA) is 102 Å². The Labute approximate surface area is 296 Å². The van der Waals surface area contributed by atoms with Crippen LogP contribution in [0.2, 0.25) is 0 Å². The van der Waals surface area contributed by atoms with E-state index in [-0.39, 0.29) is 23.3 Å².